The minimum atomic E-state index is -0.513. The minimum absolute atomic E-state index is 0.101. The Balaban J connectivity index is 2.36. The second-order valence-corrected chi connectivity index (χ2v) is 4.77. The van der Waals surface area contributed by atoms with Crippen LogP contribution in [0.1, 0.15) is 18.5 Å². The Hall–Kier alpha value is -2.11. The molecule has 0 aliphatic carbocycles. The number of nitro benzene ring substituents is 1. The highest BCUT2D eigenvalue weighted by atomic mass is 35.5. The molecule has 0 bridgehead atoms. The summed E-state index contributed by atoms with van der Waals surface area (Å²) in [5.41, 5.74) is 6.54. The lowest BCUT2D eigenvalue weighted by Crippen LogP contribution is -2.04. The van der Waals surface area contributed by atoms with Gasteiger partial charge in [0.2, 0.25) is 5.75 Å². The van der Waals surface area contributed by atoms with Crippen LogP contribution in [0.2, 0.25) is 5.02 Å². The van der Waals surface area contributed by atoms with Crippen molar-refractivity contribution in [2.75, 3.05) is 0 Å². The van der Waals surface area contributed by atoms with E-state index >= 15 is 0 Å². The smallest absolute Gasteiger partial charge is 0.311 e. The molecule has 2 aromatic carbocycles. The van der Waals surface area contributed by atoms with Crippen molar-refractivity contribution in [3.8, 4) is 11.5 Å². The molecule has 6 heteroatoms. The average molecular weight is 293 g/mol. The first kappa shape index (κ1) is 14.3. The van der Waals surface area contributed by atoms with E-state index in [-0.39, 0.29) is 17.5 Å². The zero-order valence-corrected chi connectivity index (χ0v) is 11.5. The number of rotatable bonds is 4. The highest BCUT2D eigenvalue weighted by molar-refractivity contribution is 6.30. The summed E-state index contributed by atoms with van der Waals surface area (Å²) in [5, 5.41) is 11.3. The second kappa shape index (κ2) is 5.90. The van der Waals surface area contributed by atoms with Crippen LogP contribution >= 0.6 is 11.6 Å². The van der Waals surface area contributed by atoms with E-state index < -0.39 is 4.92 Å². The molecule has 0 amide bonds. The Bertz CT molecular complexity index is 644. The molecule has 1 atom stereocenters. The van der Waals surface area contributed by atoms with E-state index in [0.717, 1.165) is 5.56 Å². The third-order valence-corrected chi connectivity index (χ3v) is 2.97. The fraction of sp³-hybridized carbons (Fsp3) is 0.143. The number of hydrogen-bond donors (Lipinski definition) is 1. The molecule has 2 aromatic rings. The summed E-state index contributed by atoms with van der Waals surface area (Å²) >= 11 is 5.85. The van der Waals surface area contributed by atoms with Crippen LogP contribution in [0.25, 0.3) is 0 Å². The highest BCUT2D eigenvalue weighted by Crippen LogP contribution is 2.34. The SMILES string of the molecule is CC(N)c1cccc(Oc2cc(Cl)ccc2[N+](=O)[O-])c1. The van der Waals surface area contributed by atoms with Gasteiger partial charge in [-0.05, 0) is 30.7 Å². The molecule has 0 saturated carbocycles. The normalized spacial score (nSPS) is 11.9. The summed E-state index contributed by atoms with van der Waals surface area (Å²) < 4.78 is 5.56. The topological polar surface area (TPSA) is 78.4 Å². The van der Waals surface area contributed by atoms with Gasteiger partial charge in [0.05, 0.1) is 4.92 Å². The van der Waals surface area contributed by atoms with Crippen molar-refractivity contribution >= 4 is 17.3 Å². The molecule has 0 spiro atoms. The molecule has 2 rings (SSSR count). The van der Waals surface area contributed by atoms with Gasteiger partial charge in [0.25, 0.3) is 0 Å². The van der Waals surface area contributed by atoms with Gasteiger partial charge in [-0.1, -0.05) is 23.7 Å². The van der Waals surface area contributed by atoms with Crippen LogP contribution in [0.3, 0.4) is 0 Å². The van der Waals surface area contributed by atoms with E-state index in [1.807, 2.05) is 13.0 Å². The maximum atomic E-state index is 11.0. The first-order valence-corrected chi connectivity index (χ1v) is 6.32. The van der Waals surface area contributed by atoms with Gasteiger partial charge in [-0.3, -0.25) is 10.1 Å². The van der Waals surface area contributed by atoms with E-state index in [1.165, 1.54) is 18.2 Å². The zero-order valence-electron chi connectivity index (χ0n) is 10.7. The van der Waals surface area contributed by atoms with Crippen LogP contribution < -0.4 is 10.5 Å². The Morgan fingerprint density at radius 1 is 1.30 bits per heavy atom. The lowest BCUT2D eigenvalue weighted by atomic mass is 10.1. The number of nitrogens with zero attached hydrogens (tertiary/aromatic N) is 1. The summed E-state index contributed by atoms with van der Waals surface area (Å²) in [6, 6.07) is 11.1. The molecule has 0 aliphatic heterocycles. The molecule has 20 heavy (non-hydrogen) atoms. The van der Waals surface area contributed by atoms with Crippen LogP contribution in [0.4, 0.5) is 5.69 Å². The van der Waals surface area contributed by atoms with Gasteiger partial charge in [-0.2, -0.15) is 0 Å². The second-order valence-electron chi connectivity index (χ2n) is 4.33. The summed E-state index contributed by atoms with van der Waals surface area (Å²) in [5.74, 6) is 0.578. The quantitative estimate of drug-likeness (QED) is 0.681. The van der Waals surface area contributed by atoms with E-state index in [1.54, 1.807) is 18.2 Å². The van der Waals surface area contributed by atoms with Gasteiger partial charge < -0.3 is 10.5 Å². The van der Waals surface area contributed by atoms with E-state index in [2.05, 4.69) is 0 Å². The number of ether oxygens (including phenoxy) is 1. The van der Waals surface area contributed by atoms with Crippen molar-refractivity contribution in [3.05, 3.63) is 63.2 Å². The Kier molecular flexibility index (Phi) is 4.22. The molecule has 0 heterocycles. The molecule has 0 radical (unpaired) electrons. The maximum Gasteiger partial charge on any atom is 0.311 e. The van der Waals surface area contributed by atoms with Crippen LogP contribution in [-0.4, -0.2) is 4.92 Å². The van der Waals surface area contributed by atoms with Gasteiger partial charge in [0.1, 0.15) is 5.75 Å². The lowest BCUT2D eigenvalue weighted by molar-refractivity contribution is -0.385. The minimum Gasteiger partial charge on any atom is -0.450 e. The van der Waals surface area contributed by atoms with Gasteiger partial charge >= 0.3 is 5.69 Å². The Morgan fingerprint density at radius 3 is 2.70 bits per heavy atom. The monoisotopic (exact) mass is 292 g/mol. The van der Waals surface area contributed by atoms with E-state index in [9.17, 15) is 10.1 Å². The fourth-order valence-electron chi connectivity index (χ4n) is 1.71. The fourth-order valence-corrected chi connectivity index (χ4v) is 1.87. The predicted octanol–water partition coefficient (Wildman–Crippen LogP) is 4.06. The van der Waals surface area contributed by atoms with Crippen molar-refractivity contribution in [1.29, 1.82) is 0 Å². The number of nitro groups is 1. The molecule has 0 aromatic heterocycles. The molecule has 0 fully saturated rings. The molecule has 104 valence electrons. The highest BCUT2D eigenvalue weighted by Gasteiger charge is 2.16. The third-order valence-electron chi connectivity index (χ3n) is 2.73. The molecule has 0 saturated heterocycles. The van der Waals surface area contributed by atoms with Gasteiger partial charge in [-0.15, -0.1) is 0 Å². The first-order chi connectivity index (χ1) is 9.47. The van der Waals surface area contributed by atoms with Crippen molar-refractivity contribution in [2.45, 2.75) is 13.0 Å². The zero-order chi connectivity index (χ0) is 14.7. The lowest BCUT2D eigenvalue weighted by Gasteiger charge is -2.10. The van der Waals surface area contributed by atoms with Crippen molar-refractivity contribution in [2.24, 2.45) is 5.73 Å². The molecular formula is C14H13ClN2O3. The summed E-state index contributed by atoms with van der Waals surface area (Å²) in [6.45, 7) is 1.85. The van der Waals surface area contributed by atoms with Crippen molar-refractivity contribution in [3.63, 3.8) is 0 Å². The summed E-state index contributed by atoms with van der Waals surface area (Å²) in [4.78, 5) is 10.4. The maximum absolute atomic E-state index is 11.0. The third kappa shape index (κ3) is 3.26. The summed E-state index contributed by atoms with van der Waals surface area (Å²) in [6.07, 6.45) is 0. The molecular weight excluding hydrogens is 280 g/mol. The Morgan fingerprint density at radius 2 is 2.05 bits per heavy atom. The molecule has 5 nitrogen and oxygen atoms in total. The van der Waals surface area contributed by atoms with Crippen LogP contribution in [-0.2, 0) is 0 Å². The number of benzene rings is 2. The van der Waals surface area contributed by atoms with Crippen LogP contribution in [0, 0.1) is 10.1 Å². The van der Waals surface area contributed by atoms with Crippen LogP contribution in [0.15, 0.2) is 42.5 Å². The number of nitrogens with two attached hydrogens (primary N) is 1. The molecule has 0 aliphatic rings. The van der Waals surface area contributed by atoms with E-state index in [0.29, 0.717) is 10.8 Å². The number of hydrogen-bond acceptors (Lipinski definition) is 4. The average Bonchev–Trinajstić information content (AvgIpc) is 2.38. The summed E-state index contributed by atoms with van der Waals surface area (Å²) in [7, 11) is 0. The largest absolute Gasteiger partial charge is 0.450 e. The van der Waals surface area contributed by atoms with Crippen molar-refractivity contribution < 1.29 is 9.66 Å². The number of halogens is 1. The standard InChI is InChI=1S/C14H13ClN2O3/c1-9(16)10-3-2-4-12(7-10)20-14-8-11(15)5-6-13(14)17(18)19/h2-9H,16H2,1H3. The van der Waals surface area contributed by atoms with Crippen molar-refractivity contribution in [1.82, 2.24) is 0 Å². The van der Waals surface area contributed by atoms with E-state index in [4.69, 9.17) is 22.1 Å². The van der Waals surface area contributed by atoms with Gasteiger partial charge in [0, 0.05) is 23.2 Å². The molecule has 1 unspecified atom stereocenters. The van der Waals surface area contributed by atoms with Gasteiger partial charge in [0.15, 0.2) is 0 Å². The predicted molar refractivity (Wildman–Crippen MR) is 77.2 cm³/mol. The molecule has 2 N–H and O–H groups in total. The van der Waals surface area contributed by atoms with Gasteiger partial charge in [-0.25, -0.2) is 0 Å². The Labute approximate surface area is 121 Å². The van der Waals surface area contributed by atoms with Crippen LogP contribution in [0.5, 0.6) is 11.5 Å². The first-order valence-electron chi connectivity index (χ1n) is 5.94.